The summed E-state index contributed by atoms with van der Waals surface area (Å²) in [6.45, 7) is 4.99. The van der Waals surface area contributed by atoms with E-state index in [0.29, 0.717) is 4.47 Å². The lowest BCUT2D eigenvalue weighted by Crippen LogP contribution is -2.23. The van der Waals surface area contributed by atoms with Gasteiger partial charge in [-0.2, -0.15) is 0 Å². The number of rotatable bonds is 5. The van der Waals surface area contributed by atoms with Gasteiger partial charge in [0.1, 0.15) is 5.82 Å². The molecule has 0 radical (unpaired) electrons. The Morgan fingerprint density at radius 2 is 2.00 bits per heavy atom. The smallest absolute Gasteiger partial charge is 0.137 e. The number of aryl methyl sites for hydroxylation is 1. The van der Waals surface area contributed by atoms with E-state index in [1.165, 1.54) is 6.07 Å². The third-order valence-electron chi connectivity index (χ3n) is 3.34. The van der Waals surface area contributed by atoms with Crippen LogP contribution in [0.1, 0.15) is 36.1 Å². The SMILES string of the molecule is CCCNC(c1ccc(F)c(Br)c1)c1ccc(C)cc1Cl. The van der Waals surface area contributed by atoms with Gasteiger partial charge < -0.3 is 5.32 Å². The van der Waals surface area contributed by atoms with Crippen LogP contribution in [0.3, 0.4) is 0 Å². The lowest BCUT2D eigenvalue weighted by molar-refractivity contribution is 0.591. The van der Waals surface area contributed by atoms with Gasteiger partial charge in [-0.3, -0.25) is 0 Å². The first kappa shape index (κ1) is 16.5. The molecule has 0 fully saturated rings. The summed E-state index contributed by atoms with van der Waals surface area (Å²) < 4.78 is 13.9. The van der Waals surface area contributed by atoms with Gasteiger partial charge in [0.15, 0.2) is 0 Å². The van der Waals surface area contributed by atoms with E-state index >= 15 is 0 Å². The Hall–Kier alpha value is -0.900. The van der Waals surface area contributed by atoms with Gasteiger partial charge in [0.25, 0.3) is 0 Å². The Kier molecular flexibility index (Phi) is 5.80. The third kappa shape index (κ3) is 4.06. The summed E-state index contributed by atoms with van der Waals surface area (Å²) >= 11 is 9.65. The molecule has 4 heteroatoms. The summed E-state index contributed by atoms with van der Waals surface area (Å²) in [6.07, 6.45) is 1.02. The first-order chi connectivity index (χ1) is 10.0. The van der Waals surface area contributed by atoms with Gasteiger partial charge in [-0.25, -0.2) is 4.39 Å². The Balaban J connectivity index is 2.44. The maximum absolute atomic E-state index is 13.5. The average molecular weight is 371 g/mol. The lowest BCUT2D eigenvalue weighted by Gasteiger charge is -2.21. The fraction of sp³-hybridized carbons (Fsp3) is 0.294. The molecule has 1 unspecified atom stereocenters. The van der Waals surface area contributed by atoms with Crippen molar-refractivity contribution in [3.05, 3.63) is 68.4 Å². The molecule has 0 saturated carbocycles. The van der Waals surface area contributed by atoms with Crippen molar-refractivity contribution in [3.8, 4) is 0 Å². The summed E-state index contributed by atoms with van der Waals surface area (Å²) in [6, 6.07) is 11.1. The van der Waals surface area contributed by atoms with Crippen LogP contribution in [0, 0.1) is 12.7 Å². The molecular weight excluding hydrogens is 353 g/mol. The summed E-state index contributed by atoms with van der Waals surface area (Å²) in [5.74, 6) is -0.261. The maximum atomic E-state index is 13.5. The number of benzene rings is 2. The minimum atomic E-state index is -0.261. The number of nitrogens with one attached hydrogen (secondary N) is 1. The van der Waals surface area contributed by atoms with E-state index in [1.54, 1.807) is 12.1 Å². The molecule has 0 bridgehead atoms. The summed E-state index contributed by atoms with van der Waals surface area (Å²) in [5, 5.41) is 4.21. The zero-order valence-electron chi connectivity index (χ0n) is 12.1. The molecule has 0 amide bonds. The molecule has 2 aromatic rings. The highest BCUT2D eigenvalue weighted by molar-refractivity contribution is 9.10. The van der Waals surface area contributed by atoms with Crippen molar-refractivity contribution in [3.63, 3.8) is 0 Å². The van der Waals surface area contributed by atoms with Crippen LogP contribution < -0.4 is 5.32 Å². The quantitative estimate of drug-likeness (QED) is 0.718. The highest BCUT2D eigenvalue weighted by Crippen LogP contribution is 2.31. The summed E-state index contributed by atoms with van der Waals surface area (Å²) in [4.78, 5) is 0. The van der Waals surface area contributed by atoms with Gasteiger partial charge in [0.2, 0.25) is 0 Å². The van der Waals surface area contributed by atoms with Gasteiger partial charge in [-0.15, -0.1) is 0 Å². The van der Waals surface area contributed by atoms with Crippen molar-refractivity contribution >= 4 is 27.5 Å². The maximum Gasteiger partial charge on any atom is 0.137 e. The van der Waals surface area contributed by atoms with Crippen LogP contribution in [-0.2, 0) is 0 Å². The molecule has 2 aromatic carbocycles. The molecule has 112 valence electrons. The fourth-order valence-electron chi connectivity index (χ4n) is 2.25. The molecule has 0 saturated heterocycles. The first-order valence-corrected chi connectivity index (χ1v) is 8.14. The molecular formula is C17H18BrClFN. The molecule has 0 spiro atoms. The Bertz CT molecular complexity index is 630. The van der Waals surface area contributed by atoms with Gasteiger partial charge in [-0.1, -0.05) is 36.7 Å². The molecule has 2 rings (SSSR count). The minimum absolute atomic E-state index is 0.0463. The molecule has 0 aliphatic heterocycles. The second-order valence-corrected chi connectivity index (χ2v) is 6.35. The van der Waals surface area contributed by atoms with Crippen LogP contribution >= 0.6 is 27.5 Å². The molecule has 1 N–H and O–H groups in total. The first-order valence-electron chi connectivity index (χ1n) is 6.97. The van der Waals surface area contributed by atoms with Crippen molar-refractivity contribution < 1.29 is 4.39 Å². The van der Waals surface area contributed by atoms with E-state index in [1.807, 2.05) is 25.1 Å². The predicted octanol–water partition coefficient (Wildman–Crippen LogP) is 5.64. The molecule has 1 atom stereocenters. The normalized spacial score (nSPS) is 12.4. The molecule has 21 heavy (non-hydrogen) atoms. The minimum Gasteiger partial charge on any atom is -0.306 e. The fourth-order valence-corrected chi connectivity index (χ4v) is 2.99. The van der Waals surface area contributed by atoms with E-state index in [4.69, 9.17) is 11.6 Å². The molecule has 0 aliphatic carbocycles. The highest BCUT2D eigenvalue weighted by atomic mass is 79.9. The summed E-state index contributed by atoms with van der Waals surface area (Å²) in [5.41, 5.74) is 3.12. The second-order valence-electron chi connectivity index (χ2n) is 5.09. The zero-order valence-corrected chi connectivity index (χ0v) is 14.4. The van der Waals surface area contributed by atoms with Gasteiger partial charge in [0.05, 0.1) is 10.5 Å². The predicted molar refractivity (Wildman–Crippen MR) is 90.4 cm³/mol. The van der Waals surface area contributed by atoms with Crippen LogP contribution in [0.15, 0.2) is 40.9 Å². The second kappa shape index (κ2) is 7.39. The van der Waals surface area contributed by atoms with Crippen LogP contribution in [0.5, 0.6) is 0 Å². The van der Waals surface area contributed by atoms with Crippen molar-refractivity contribution in [1.29, 1.82) is 0 Å². The lowest BCUT2D eigenvalue weighted by atomic mass is 9.97. The van der Waals surface area contributed by atoms with Crippen LogP contribution in [0.2, 0.25) is 5.02 Å². The average Bonchev–Trinajstić information content (AvgIpc) is 2.44. The summed E-state index contributed by atoms with van der Waals surface area (Å²) in [7, 11) is 0. The standard InChI is InChI=1S/C17H18BrClFN/c1-3-8-21-17(12-5-7-16(20)14(18)10-12)13-6-4-11(2)9-15(13)19/h4-7,9-10,17,21H,3,8H2,1-2H3. The molecule has 1 nitrogen and oxygen atoms in total. The van der Waals surface area contributed by atoms with Gasteiger partial charge in [-0.05, 0) is 70.7 Å². The van der Waals surface area contributed by atoms with Crippen LogP contribution in [-0.4, -0.2) is 6.54 Å². The van der Waals surface area contributed by atoms with Gasteiger partial charge in [0, 0.05) is 5.02 Å². The molecule has 0 heterocycles. The number of hydrogen-bond acceptors (Lipinski definition) is 1. The number of hydrogen-bond donors (Lipinski definition) is 1. The Morgan fingerprint density at radius 1 is 1.24 bits per heavy atom. The van der Waals surface area contributed by atoms with E-state index in [2.05, 4.69) is 28.2 Å². The molecule has 0 aromatic heterocycles. The number of halogens is 3. The van der Waals surface area contributed by atoms with E-state index in [0.717, 1.165) is 34.7 Å². The topological polar surface area (TPSA) is 12.0 Å². The van der Waals surface area contributed by atoms with E-state index in [-0.39, 0.29) is 11.9 Å². The van der Waals surface area contributed by atoms with Crippen molar-refractivity contribution in [2.75, 3.05) is 6.54 Å². The third-order valence-corrected chi connectivity index (χ3v) is 4.28. The van der Waals surface area contributed by atoms with Crippen molar-refractivity contribution in [1.82, 2.24) is 5.32 Å². The Labute approximate surface area is 138 Å². The van der Waals surface area contributed by atoms with E-state index in [9.17, 15) is 4.39 Å². The van der Waals surface area contributed by atoms with Crippen molar-refractivity contribution in [2.45, 2.75) is 26.3 Å². The van der Waals surface area contributed by atoms with E-state index < -0.39 is 0 Å². The van der Waals surface area contributed by atoms with Gasteiger partial charge >= 0.3 is 0 Å². The van der Waals surface area contributed by atoms with Crippen LogP contribution in [0.4, 0.5) is 4.39 Å². The zero-order chi connectivity index (χ0) is 15.4. The van der Waals surface area contributed by atoms with Crippen molar-refractivity contribution in [2.24, 2.45) is 0 Å². The Morgan fingerprint density at radius 3 is 2.62 bits per heavy atom. The highest BCUT2D eigenvalue weighted by Gasteiger charge is 2.17. The molecule has 0 aliphatic rings. The largest absolute Gasteiger partial charge is 0.306 e. The van der Waals surface area contributed by atoms with Crippen LogP contribution in [0.25, 0.3) is 0 Å². The monoisotopic (exact) mass is 369 g/mol.